The van der Waals surface area contributed by atoms with Crippen molar-refractivity contribution in [1.29, 1.82) is 0 Å². The molecule has 6 heteroatoms. The molecular formula is C19H20N2O4. The van der Waals surface area contributed by atoms with Gasteiger partial charge in [0.1, 0.15) is 0 Å². The van der Waals surface area contributed by atoms with Gasteiger partial charge in [-0.3, -0.25) is 9.59 Å². The van der Waals surface area contributed by atoms with E-state index in [1.54, 1.807) is 6.92 Å². The Bertz CT molecular complexity index is 769. The van der Waals surface area contributed by atoms with Gasteiger partial charge in [-0.05, 0) is 43.7 Å². The molecule has 6 nitrogen and oxygen atoms in total. The molecule has 0 spiro atoms. The van der Waals surface area contributed by atoms with Gasteiger partial charge in [0, 0.05) is 12.2 Å². The largest absolute Gasteiger partial charge is 0.462 e. The Balaban J connectivity index is 1.88. The van der Waals surface area contributed by atoms with Gasteiger partial charge in [0.05, 0.1) is 12.2 Å². The molecule has 2 amide bonds. The van der Waals surface area contributed by atoms with E-state index in [0.717, 1.165) is 11.1 Å². The van der Waals surface area contributed by atoms with Crippen molar-refractivity contribution in [2.45, 2.75) is 20.4 Å². The Morgan fingerprint density at radius 1 is 1.00 bits per heavy atom. The zero-order valence-corrected chi connectivity index (χ0v) is 14.2. The van der Waals surface area contributed by atoms with Crippen LogP contribution >= 0.6 is 0 Å². The number of amides is 2. The average molecular weight is 340 g/mol. The van der Waals surface area contributed by atoms with E-state index in [1.807, 2.05) is 31.2 Å². The van der Waals surface area contributed by atoms with E-state index in [1.165, 1.54) is 24.3 Å². The number of nitrogens with one attached hydrogen (secondary N) is 2. The highest BCUT2D eigenvalue weighted by atomic mass is 16.5. The Hall–Kier alpha value is -3.15. The summed E-state index contributed by atoms with van der Waals surface area (Å²) in [6.07, 6.45) is 0. The maximum absolute atomic E-state index is 11.9. The first-order valence-electron chi connectivity index (χ1n) is 7.91. The lowest BCUT2D eigenvalue weighted by Crippen LogP contribution is -2.34. The molecule has 0 aliphatic carbocycles. The molecule has 25 heavy (non-hydrogen) atoms. The smallest absolute Gasteiger partial charge is 0.338 e. The van der Waals surface area contributed by atoms with Gasteiger partial charge in [-0.25, -0.2) is 4.79 Å². The predicted octanol–water partition coefficient (Wildman–Crippen LogP) is 2.43. The van der Waals surface area contributed by atoms with Gasteiger partial charge in [-0.1, -0.05) is 29.8 Å². The molecule has 2 N–H and O–H groups in total. The van der Waals surface area contributed by atoms with Gasteiger partial charge >= 0.3 is 17.8 Å². The third-order valence-corrected chi connectivity index (χ3v) is 3.40. The van der Waals surface area contributed by atoms with Crippen molar-refractivity contribution in [3.8, 4) is 0 Å². The van der Waals surface area contributed by atoms with Crippen LogP contribution in [0.5, 0.6) is 0 Å². The fourth-order valence-electron chi connectivity index (χ4n) is 2.18. The second kappa shape index (κ2) is 8.63. The molecule has 0 unspecified atom stereocenters. The molecule has 2 aromatic rings. The molecule has 0 aliphatic heterocycles. The van der Waals surface area contributed by atoms with Crippen LogP contribution in [0.3, 0.4) is 0 Å². The van der Waals surface area contributed by atoms with Crippen molar-refractivity contribution in [3.63, 3.8) is 0 Å². The molecule has 0 radical (unpaired) electrons. The van der Waals surface area contributed by atoms with E-state index in [2.05, 4.69) is 10.6 Å². The topological polar surface area (TPSA) is 84.5 Å². The second-order valence-electron chi connectivity index (χ2n) is 5.42. The highest BCUT2D eigenvalue weighted by Gasteiger charge is 2.14. The van der Waals surface area contributed by atoms with Gasteiger partial charge < -0.3 is 15.4 Å². The monoisotopic (exact) mass is 340 g/mol. The fraction of sp³-hybridized carbons (Fsp3) is 0.211. The Morgan fingerprint density at radius 2 is 1.72 bits per heavy atom. The molecule has 0 aromatic heterocycles. The van der Waals surface area contributed by atoms with Crippen LogP contribution in [0.2, 0.25) is 0 Å². The van der Waals surface area contributed by atoms with Crippen LogP contribution < -0.4 is 10.6 Å². The van der Waals surface area contributed by atoms with Gasteiger partial charge in [0.2, 0.25) is 0 Å². The first-order valence-corrected chi connectivity index (χ1v) is 7.91. The number of esters is 1. The van der Waals surface area contributed by atoms with E-state index in [0.29, 0.717) is 17.9 Å². The van der Waals surface area contributed by atoms with E-state index < -0.39 is 17.8 Å². The summed E-state index contributed by atoms with van der Waals surface area (Å²) in [5.41, 5.74) is 2.80. The molecule has 0 bridgehead atoms. The molecule has 0 atom stereocenters. The minimum atomic E-state index is -0.767. The van der Waals surface area contributed by atoms with E-state index in [-0.39, 0.29) is 6.54 Å². The van der Waals surface area contributed by atoms with Crippen LogP contribution in [0.25, 0.3) is 0 Å². The summed E-state index contributed by atoms with van der Waals surface area (Å²) in [6, 6.07) is 13.8. The molecule has 2 aromatic carbocycles. The highest BCUT2D eigenvalue weighted by molar-refractivity contribution is 6.39. The zero-order valence-electron chi connectivity index (χ0n) is 14.2. The van der Waals surface area contributed by atoms with Crippen molar-refractivity contribution < 1.29 is 19.1 Å². The van der Waals surface area contributed by atoms with Crippen molar-refractivity contribution in [2.24, 2.45) is 0 Å². The van der Waals surface area contributed by atoms with Crippen LogP contribution in [0, 0.1) is 6.92 Å². The fourth-order valence-corrected chi connectivity index (χ4v) is 2.18. The van der Waals surface area contributed by atoms with Crippen LogP contribution in [0.4, 0.5) is 5.69 Å². The SMILES string of the molecule is CCOC(=O)c1ccc(NC(=O)C(=O)NCc2cccc(C)c2)cc1. The van der Waals surface area contributed by atoms with Gasteiger partial charge in [-0.2, -0.15) is 0 Å². The average Bonchev–Trinajstić information content (AvgIpc) is 2.60. The second-order valence-corrected chi connectivity index (χ2v) is 5.42. The zero-order chi connectivity index (χ0) is 18.2. The maximum atomic E-state index is 11.9. The molecule has 0 fully saturated rings. The van der Waals surface area contributed by atoms with Gasteiger partial charge in [-0.15, -0.1) is 0 Å². The lowest BCUT2D eigenvalue weighted by Gasteiger charge is -2.08. The van der Waals surface area contributed by atoms with Crippen molar-refractivity contribution in [2.75, 3.05) is 11.9 Å². The Morgan fingerprint density at radius 3 is 2.36 bits per heavy atom. The molecule has 2 rings (SSSR count). The van der Waals surface area contributed by atoms with E-state index in [4.69, 9.17) is 4.74 Å². The predicted molar refractivity (Wildman–Crippen MR) is 94.1 cm³/mol. The number of rotatable bonds is 5. The minimum Gasteiger partial charge on any atom is -0.462 e. The Kier molecular flexibility index (Phi) is 6.28. The summed E-state index contributed by atoms with van der Waals surface area (Å²) in [4.78, 5) is 35.3. The summed E-state index contributed by atoms with van der Waals surface area (Å²) in [5.74, 6) is -1.93. The number of ether oxygens (including phenoxy) is 1. The lowest BCUT2D eigenvalue weighted by atomic mass is 10.1. The minimum absolute atomic E-state index is 0.274. The summed E-state index contributed by atoms with van der Waals surface area (Å²) in [6.45, 7) is 4.24. The van der Waals surface area contributed by atoms with Crippen molar-refractivity contribution in [3.05, 3.63) is 65.2 Å². The van der Waals surface area contributed by atoms with E-state index >= 15 is 0 Å². The molecular weight excluding hydrogens is 320 g/mol. The van der Waals surface area contributed by atoms with Crippen molar-refractivity contribution >= 4 is 23.5 Å². The number of hydrogen-bond acceptors (Lipinski definition) is 4. The summed E-state index contributed by atoms with van der Waals surface area (Å²) in [7, 11) is 0. The van der Waals surface area contributed by atoms with E-state index in [9.17, 15) is 14.4 Å². The van der Waals surface area contributed by atoms with Gasteiger partial charge in [0.15, 0.2) is 0 Å². The molecule has 0 heterocycles. The van der Waals surface area contributed by atoms with Crippen LogP contribution in [0.15, 0.2) is 48.5 Å². The third kappa shape index (κ3) is 5.46. The lowest BCUT2D eigenvalue weighted by molar-refractivity contribution is -0.136. The van der Waals surface area contributed by atoms with Crippen LogP contribution in [0.1, 0.15) is 28.4 Å². The highest BCUT2D eigenvalue weighted by Crippen LogP contribution is 2.10. The van der Waals surface area contributed by atoms with Crippen molar-refractivity contribution in [1.82, 2.24) is 5.32 Å². The number of hydrogen-bond donors (Lipinski definition) is 2. The number of carbonyl (C=O) groups is 3. The summed E-state index contributed by atoms with van der Waals surface area (Å²) < 4.78 is 4.88. The van der Waals surface area contributed by atoms with Gasteiger partial charge in [0.25, 0.3) is 0 Å². The number of carbonyl (C=O) groups excluding carboxylic acids is 3. The molecule has 0 saturated carbocycles. The Labute approximate surface area is 146 Å². The molecule has 130 valence electrons. The first-order chi connectivity index (χ1) is 12.0. The standard InChI is InChI=1S/C19H20N2O4/c1-3-25-19(24)15-7-9-16(10-8-15)21-18(23)17(22)20-12-14-6-4-5-13(2)11-14/h4-11H,3,12H2,1-2H3,(H,20,22)(H,21,23). The maximum Gasteiger partial charge on any atom is 0.338 e. The summed E-state index contributed by atoms with van der Waals surface area (Å²) in [5, 5.41) is 5.05. The first kappa shape index (κ1) is 18.2. The number of anilines is 1. The number of benzene rings is 2. The summed E-state index contributed by atoms with van der Waals surface area (Å²) >= 11 is 0. The van der Waals surface area contributed by atoms with Crippen LogP contribution in [-0.2, 0) is 20.9 Å². The number of aryl methyl sites for hydroxylation is 1. The van der Waals surface area contributed by atoms with Crippen LogP contribution in [-0.4, -0.2) is 24.4 Å². The third-order valence-electron chi connectivity index (χ3n) is 3.40. The quantitative estimate of drug-likeness (QED) is 0.647. The molecule has 0 saturated heterocycles. The normalized spacial score (nSPS) is 10.0. The molecule has 0 aliphatic rings.